The van der Waals surface area contributed by atoms with E-state index in [1.807, 2.05) is 25.3 Å². The van der Waals surface area contributed by atoms with Gasteiger partial charge in [0.05, 0.1) is 16.6 Å². The van der Waals surface area contributed by atoms with E-state index < -0.39 is 9.84 Å². The second-order valence-corrected chi connectivity index (χ2v) is 9.74. The van der Waals surface area contributed by atoms with Gasteiger partial charge in [-0.15, -0.1) is 0 Å². The monoisotopic (exact) mass is 351 g/mol. The minimum atomic E-state index is -3.21. The van der Waals surface area contributed by atoms with Crippen LogP contribution in [0, 0.1) is 11.3 Å². The molecule has 132 valence electrons. The Morgan fingerprint density at radius 1 is 1.38 bits per heavy atom. The van der Waals surface area contributed by atoms with Crippen LogP contribution in [-0.2, 0) is 20.2 Å². The molecule has 0 spiro atoms. The maximum absolute atomic E-state index is 12.2. The van der Waals surface area contributed by atoms with Crippen LogP contribution in [0.2, 0.25) is 0 Å². The third kappa shape index (κ3) is 4.38. The predicted molar refractivity (Wildman–Crippen MR) is 93.4 cm³/mol. The Morgan fingerprint density at radius 2 is 2.00 bits per heavy atom. The van der Waals surface area contributed by atoms with Gasteiger partial charge in [-0.1, -0.05) is 12.8 Å². The number of carbonyl (C=O) groups is 1. The molecular formula is C17H25N3O3S. The molecule has 2 rings (SSSR count). The summed E-state index contributed by atoms with van der Waals surface area (Å²) in [6.07, 6.45) is 4.95. The second-order valence-electron chi connectivity index (χ2n) is 7.34. The molecular weight excluding hydrogens is 326 g/mol. The minimum absolute atomic E-state index is 0.0595. The van der Waals surface area contributed by atoms with Crippen molar-refractivity contribution in [1.29, 1.82) is 5.26 Å². The van der Waals surface area contributed by atoms with Gasteiger partial charge in [0.1, 0.15) is 11.9 Å². The zero-order valence-corrected chi connectivity index (χ0v) is 15.3. The third-order valence-electron chi connectivity index (χ3n) is 4.36. The molecule has 0 radical (unpaired) electrons. The molecule has 1 aromatic heterocycles. The number of rotatable bonds is 5. The fourth-order valence-electron chi connectivity index (χ4n) is 3.03. The van der Waals surface area contributed by atoms with Crippen LogP contribution < -0.4 is 5.32 Å². The summed E-state index contributed by atoms with van der Waals surface area (Å²) < 4.78 is 26.3. The van der Waals surface area contributed by atoms with E-state index in [1.54, 1.807) is 12.3 Å². The molecule has 1 heterocycles. The first-order chi connectivity index (χ1) is 11.1. The normalized spacial score (nSPS) is 16.1. The largest absolute Gasteiger partial charge is 0.328 e. The number of hydrogen-bond donors (Lipinski definition) is 1. The van der Waals surface area contributed by atoms with E-state index >= 15 is 0 Å². The summed E-state index contributed by atoms with van der Waals surface area (Å²) in [5.41, 5.74) is 0.159. The molecule has 0 bridgehead atoms. The Morgan fingerprint density at radius 3 is 2.54 bits per heavy atom. The first kappa shape index (κ1) is 18.5. The molecule has 1 aromatic rings. The van der Waals surface area contributed by atoms with Crippen molar-refractivity contribution < 1.29 is 13.2 Å². The Bertz CT molecular complexity index is 745. The van der Waals surface area contributed by atoms with Gasteiger partial charge in [0.15, 0.2) is 9.84 Å². The molecule has 1 N–H and O–H groups in total. The van der Waals surface area contributed by atoms with Crippen molar-refractivity contribution in [2.24, 2.45) is 0 Å². The minimum Gasteiger partial charge on any atom is -0.328 e. The topological polar surface area (TPSA) is 92.0 Å². The van der Waals surface area contributed by atoms with Crippen LogP contribution in [0.4, 0.5) is 5.82 Å². The van der Waals surface area contributed by atoms with Gasteiger partial charge in [-0.3, -0.25) is 4.79 Å². The first-order valence-electron chi connectivity index (χ1n) is 8.28. The summed E-state index contributed by atoms with van der Waals surface area (Å²) in [4.78, 5) is 12.2. The van der Waals surface area contributed by atoms with Crippen molar-refractivity contribution in [1.82, 2.24) is 4.57 Å². The van der Waals surface area contributed by atoms with E-state index in [0.717, 1.165) is 12.8 Å². The van der Waals surface area contributed by atoms with Gasteiger partial charge in [-0.05, 0) is 39.7 Å². The molecule has 1 aliphatic carbocycles. The fraction of sp³-hybridized carbons (Fsp3) is 0.647. The van der Waals surface area contributed by atoms with Gasteiger partial charge in [0.25, 0.3) is 0 Å². The van der Waals surface area contributed by atoms with Crippen molar-refractivity contribution in [2.75, 3.05) is 11.1 Å². The number of amides is 1. The van der Waals surface area contributed by atoms with Crippen LogP contribution in [0.5, 0.6) is 0 Å². The van der Waals surface area contributed by atoms with Crippen LogP contribution in [0.25, 0.3) is 0 Å². The van der Waals surface area contributed by atoms with Crippen molar-refractivity contribution in [3.05, 3.63) is 17.8 Å². The molecule has 0 aromatic carbocycles. The van der Waals surface area contributed by atoms with Crippen LogP contribution >= 0.6 is 0 Å². The third-order valence-corrected chi connectivity index (χ3v) is 6.62. The Labute approximate surface area is 143 Å². The summed E-state index contributed by atoms with van der Waals surface area (Å²) >= 11 is 0. The summed E-state index contributed by atoms with van der Waals surface area (Å²) in [7, 11) is -3.21. The number of sulfone groups is 1. The molecule has 6 nitrogen and oxygen atoms in total. The number of nitrogens with one attached hydrogen (secondary N) is 1. The summed E-state index contributed by atoms with van der Waals surface area (Å²) in [5, 5.41) is 11.5. The zero-order chi connectivity index (χ0) is 18.0. The van der Waals surface area contributed by atoms with Gasteiger partial charge in [-0.2, -0.15) is 5.26 Å². The number of carbonyl (C=O) groups excluding carboxylic acids is 1. The average Bonchev–Trinajstić information content (AvgIpc) is 3.14. The van der Waals surface area contributed by atoms with Crippen molar-refractivity contribution >= 4 is 21.6 Å². The molecule has 0 atom stereocenters. The zero-order valence-electron chi connectivity index (χ0n) is 14.5. The average molecular weight is 351 g/mol. The van der Waals surface area contributed by atoms with E-state index in [9.17, 15) is 13.2 Å². The summed E-state index contributed by atoms with van der Waals surface area (Å²) in [5.74, 6) is 0.0529. The highest BCUT2D eigenvalue weighted by molar-refractivity contribution is 7.92. The number of aromatic nitrogens is 1. The lowest BCUT2D eigenvalue weighted by atomic mass is 10.1. The van der Waals surface area contributed by atoms with Crippen LogP contribution in [0.15, 0.2) is 12.3 Å². The Balaban J connectivity index is 2.03. The Hall–Kier alpha value is -1.81. The predicted octanol–water partition coefficient (Wildman–Crippen LogP) is 2.80. The highest BCUT2D eigenvalue weighted by Gasteiger charge is 2.29. The molecule has 1 aliphatic rings. The van der Waals surface area contributed by atoms with E-state index in [-0.39, 0.29) is 28.9 Å². The maximum atomic E-state index is 12.2. The molecule has 1 amide bonds. The van der Waals surface area contributed by atoms with Gasteiger partial charge >= 0.3 is 0 Å². The van der Waals surface area contributed by atoms with Crippen molar-refractivity contribution in [3.8, 4) is 6.07 Å². The lowest BCUT2D eigenvalue weighted by molar-refractivity contribution is -0.115. The summed E-state index contributed by atoms with van der Waals surface area (Å²) in [6.45, 7) is 5.90. The van der Waals surface area contributed by atoms with E-state index in [4.69, 9.17) is 5.26 Å². The number of nitrogens with zero attached hydrogens (tertiary/aromatic N) is 2. The molecule has 24 heavy (non-hydrogen) atoms. The molecule has 1 saturated carbocycles. The van der Waals surface area contributed by atoms with Gasteiger partial charge in [-0.25, -0.2) is 8.42 Å². The maximum Gasteiger partial charge on any atom is 0.226 e. The Kier molecular flexibility index (Phi) is 5.38. The van der Waals surface area contributed by atoms with Crippen LogP contribution in [0.1, 0.15) is 58.4 Å². The highest BCUT2D eigenvalue weighted by Crippen LogP contribution is 2.26. The van der Waals surface area contributed by atoms with E-state index in [1.165, 1.54) is 0 Å². The smallest absolute Gasteiger partial charge is 0.226 e. The van der Waals surface area contributed by atoms with Gasteiger partial charge in [0.2, 0.25) is 5.91 Å². The highest BCUT2D eigenvalue weighted by atomic mass is 32.2. The SMILES string of the molecule is CC(C)(C)n1cc(C#N)cc1NC(=O)CCS(=O)(=O)C1CCCC1. The lowest BCUT2D eigenvalue weighted by Gasteiger charge is -2.24. The number of nitriles is 1. The van der Waals surface area contributed by atoms with Crippen molar-refractivity contribution in [3.63, 3.8) is 0 Å². The molecule has 7 heteroatoms. The number of hydrogen-bond acceptors (Lipinski definition) is 4. The van der Waals surface area contributed by atoms with E-state index in [2.05, 4.69) is 11.4 Å². The van der Waals surface area contributed by atoms with Crippen molar-refractivity contribution in [2.45, 2.75) is 63.7 Å². The quantitative estimate of drug-likeness (QED) is 0.883. The molecule has 1 fully saturated rings. The summed E-state index contributed by atoms with van der Waals surface area (Å²) in [6, 6.07) is 3.66. The molecule has 0 aliphatic heterocycles. The second kappa shape index (κ2) is 6.98. The first-order valence-corrected chi connectivity index (χ1v) is 9.99. The van der Waals surface area contributed by atoms with Crippen LogP contribution in [-0.4, -0.2) is 29.9 Å². The lowest BCUT2D eigenvalue weighted by Crippen LogP contribution is -2.27. The van der Waals surface area contributed by atoms with Gasteiger partial charge < -0.3 is 9.88 Å². The standard InChI is InChI=1S/C17H25N3O3S/c1-17(2,3)20-12-13(11-18)10-15(20)19-16(21)8-9-24(22,23)14-6-4-5-7-14/h10,12,14H,4-9H2,1-3H3,(H,19,21). The molecule has 0 unspecified atom stereocenters. The van der Waals surface area contributed by atoms with E-state index in [0.29, 0.717) is 24.2 Å². The molecule has 0 saturated heterocycles. The van der Waals surface area contributed by atoms with Crippen LogP contribution in [0.3, 0.4) is 0 Å². The van der Waals surface area contributed by atoms with Gasteiger partial charge in [0, 0.05) is 18.2 Å². The fourth-order valence-corrected chi connectivity index (χ4v) is 4.88. The number of anilines is 1.